The Balaban J connectivity index is 1.77. The van der Waals surface area contributed by atoms with E-state index in [1.54, 1.807) is 30.3 Å². The lowest BCUT2D eigenvalue weighted by molar-refractivity contribution is -0.158. The molecule has 1 amide bonds. The Hall–Kier alpha value is -2.32. The van der Waals surface area contributed by atoms with E-state index in [0.29, 0.717) is 27.5 Å². The van der Waals surface area contributed by atoms with Gasteiger partial charge in [0, 0.05) is 23.6 Å². The van der Waals surface area contributed by atoms with Crippen molar-refractivity contribution in [3.05, 3.63) is 63.1 Å². The normalized spacial score (nSPS) is 18.4. The molecular weight excluding hydrogens is 421 g/mol. The van der Waals surface area contributed by atoms with Crippen LogP contribution in [0.1, 0.15) is 21.5 Å². The van der Waals surface area contributed by atoms with E-state index in [-0.39, 0.29) is 37.3 Å². The maximum absolute atomic E-state index is 12.5. The summed E-state index contributed by atoms with van der Waals surface area (Å²) in [5, 5.41) is 13.0. The quantitative estimate of drug-likeness (QED) is 0.687. The molecule has 1 unspecified atom stereocenters. The van der Waals surface area contributed by atoms with Gasteiger partial charge in [0.1, 0.15) is 12.5 Å². The third-order valence-electron chi connectivity index (χ3n) is 4.59. The Kier molecular flexibility index (Phi) is 6.64. The van der Waals surface area contributed by atoms with Crippen LogP contribution in [0.15, 0.2) is 36.4 Å². The number of aliphatic carboxylic acids is 1. The Bertz CT molecular complexity index is 927. The summed E-state index contributed by atoms with van der Waals surface area (Å²) in [7, 11) is 1.52. The van der Waals surface area contributed by atoms with Crippen molar-refractivity contribution in [1.82, 2.24) is 5.32 Å². The summed E-state index contributed by atoms with van der Waals surface area (Å²) in [5.41, 5.74) is 0.272. The van der Waals surface area contributed by atoms with Gasteiger partial charge in [-0.3, -0.25) is 4.79 Å². The molecule has 1 saturated heterocycles. The second-order valence-electron chi connectivity index (χ2n) is 6.54. The maximum atomic E-state index is 12.5. The molecule has 0 spiro atoms. The first-order valence-electron chi connectivity index (χ1n) is 8.69. The first-order chi connectivity index (χ1) is 13.8. The molecule has 2 N–H and O–H groups in total. The number of amides is 1. The molecule has 7 nitrogen and oxygen atoms in total. The van der Waals surface area contributed by atoms with Crippen LogP contribution in [-0.2, 0) is 27.2 Å². The smallest absolute Gasteiger partial charge is 0.338 e. The van der Waals surface area contributed by atoms with E-state index >= 15 is 0 Å². The molecule has 0 aromatic heterocycles. The molecule has 2 aromatic carbocycles. The fraction of sp³-hybridized carbons (Fsp3) is 0.300. The molecular formula is C20H19Cl2NO6. The van der Waals surface area contributed by atoms with Crippen molar-refractivity contribution < 1.29 is 28.9 Å². The number of nitrogens with one attached hydrogen (secondary N) is 1. The zero-order chi connectivity index (χ0) is 21.0. The first kappa shape index (κ1) is 21.4. The van der Waals surface area contributed by atoms with E-state index < -0.39 is 11.6 Å². The van der Waals surface area contributed by atoms with Gasteiger partial charge in [-0.2, -0.15) is 0 Å². The molecule has 1 aliphatic rings. The summed E-state index contributed by atoms with van der Waals surface area (Å²) in [4.78, 5) is 24.1. The van der Waals surface area contributed by atoms with Gasteiger partial charge in [-0.05, 0) is 29.8 Å². The lowest BCUT2D eigenvalue weighted by Gasteiger charge is -2.22. The molecule has 1 atom stereocenters. The minimum absolute atomic E-state index is 0.0322. The van der Waals surface area contributed by atoms with Crippen LogP contribution in [0.5, 0.6) is 5.75 Å². The highest BCUT2D eigenvalue weighted by atomic mass is 35.5. The molecule has 2 aromatic rings. The van der Waals surface area contributed by atoms with Crippen molar-refractivity contribution in [3.63, 3.8) is 0 Å². The van der Waals surface area contributed by atoms with Gasteiger partial charge in [-0.15, -0.1) is 0 Å². The lowest BCUT2D eigenvalue weighted by atomic mass is 9.94. The number of carbonyl (C=O) groups excluding carboxylic acids is 1. The van der Waals surface area contributed by atoms with Crippen LogP contribution in [-0.4, -0.2) is 43.1 Å². The predicted octanol–water partition coefficient (Wildman–Crippen LogP) is 3.30. The minimum atomic E-state index is -1.42. The average Bonchev–Trinajstić information content (AvgIpc) is 3.16. The fourth-order valence-corrected chi connectivity index (χ4v) is 3.55. The van der Waals surface area contributed by atoms with Gasteiger partial charge in [0.25, 0.3) is 5.91 Å². The molecule has 3 rings (SSSR count). The summed E-state index contributed by atoms with van der Waals surface area (Å²) in [5.74, 6) is -0.893. The maximum Gasteiger partial charge on any atom is 0.338 e. The summed E-state index contributed by atoms with van der Waals surface area (Å²) >= 11 is 11.9. The van der Waals surface area contributed by atoms with Gasteiger partial charge in [-0.1, -0.05) is 35.3 Å². The fourth-order valence-electron chi connectivity index (χ4n) is 3.06. The monoisotopic (exact) mass is 439 g/mol. The van der Waals surface area contributed by atoms with Crippen LogP contribution in [0.4, 0.5) is 0 Å². The van der Waals surface area contributed by atoms with Crippen LogP contribution in [0.3, 0.4) is 0 Å². The van der Waals surface area contributed by atoms with Gasteiger partial charge in [0.15, 0.2) is 5.60 Å². The minimum Gasteiger partial charge on any atom is -0.496 e. The molecule has 0 aliphatic carbocycles. The van der Waals surface area contributed by atoms with Crippen molar-refractivity contribution in [2.75, 3.05) is 20.5 Å². The topological polar surface area (TPSA) is 94.1 Å². The number of hydrogen-bond acceptors (Lipinski definition) is 5. The van der Waals surface area contributed by atoms with E-state index in [0.717, 1.165) is 0 Å². The number of benzene rings is 2. The Morgan fingerprint density at radius 1 is 1.24 bits per heavy atom. The largest absolute Gasteiger partial charge is 0.496 e. The van der Waals surface area contributed by atoms with Crippen molar-refractivity contribution >= 4 is 35.1 Å². The van der Waals surface area contributed by atoms with E-state index in [1.807, 2.05) is 0 Å². The molecule has 1 aliphatic heterocycles. The zero-order valence-corrected chi connectivity index (χ0v) is 17.0. The number of ether oxygens (including phenoxy) is 3. The second-order valence-corrected chi connectivity index (χ2v) is 7.38. The molecule has 1 fully saturated rings. The van der Waals surface area contributed by atoms with Crippen LogP contribution in [0, 0.1) is 0 Å². The van der Waals surface area contributed by atoms with Gasteiger partial charge >= 0.3 is 5.97 Å². The van der Waals surface area contributed by atoms with Gasteiger partial charge in [-0.25, -0.2) is 4.79 Å². The van der Waals surface area contributed by atoms with Gasteiger partial charge in [0.05, 0.1) is 24.3 Å². The molecule has 1 heterocycles. The summed E-state index contributed by atoms with van der Waals surface area (Å²) in [6.45, 7) is 0.0644. The van der Waals surface area contributed by atoms with Crippen LogP contribution in [0.25, 0.3) is 0 Å². The molecule has 0 radical (unpaired) electrons. The van der Waals surface area contributed by atoms with E-state index in [4.69, 9.17) is 37.4 Å². The standard InChI is InChI=1S/C20H19Cl2NO6/c1-27-17-5-2-12(8-20(19(25)26)10-28-11-29-20)6-13(17)9-23-18(24)15-4-3-14(21)7-16(15)22/h2-7H,8-11H2,1H3,(H,23,24)(H,25,26). The Morgan fingerprint density at radius 2 is 2.03 bits per heavy atom. The van der Waals surface area contributed by atoms with Crippen LogP contribution in [0.2, 0.25) is 10.0 Å². The molecule has 0 saturated carbocycles. The average molecular weight is 440 g/mol. The SMILES string of the molecule is COc1ccc(CC2(C(=O)O)COCO2)cc1CNC(=O)c1ccc(Cl)cc1Cl. The van der Waals surface area contributed by atoms with Crippen LogP contribution >= 0.6 is 23.2 Å². The summed E-state index contributed by atoms with van der Waals surface area (Å²) < 4.78 is 15.8. The molecule has 29 heavy (non-hydrogen) atoms. The number of carboxylic acid groups (broad SMARTS) is 1. The highest BCUT2D eigenvalue weighted by Crippen LogP contribution is 2.28. The highest BCUT2D eigenvalue weighted by Gasteiger charge is 2.44. The Labute approximate surface area is 177 Å². The lowest BCUT2D eigenvalue weighted by Crippen LogP contribution is -2.43. The summed E-state index contributed by atoms with van der Waals surface area (Å²) in [6.07, 6.45) is 0.121. The van der Waals surface area contributed by atoms with Crippen molar-refractivity contribution in [3.8, 4) is 5.75 Å². The van der Waals surface area contributed by atoms with E-state index in [1.165, 1.54) is 13.2 Å². The van der Waals surface area contributed by atoms with Gasteiger partial charge in [0.2, 0.25) is 0 Å². The van der Waals surface area contributed by atoms with Crippen molar-refractivity contribution in [2.45, 2.75) is 18.6 Å². The number of methoxy groups -OCH3 is 1. The number of rotatable bonds is 7. The number of carbonyl (C=O) groups is 2. The summed E-state index contributed by atoms with van der Waals surface area (Å²) in [6, 6.07) is 9.87. The number of halogens is 2. The third kappa shape index (κ3) is 4.82. The second kappa shape index (κ2) is 9.00. The third-order valence-corrected chi connectivity index (χ3v) is 5.14. The zero-order valence-electron chi connectivity index (χ0n) is 15.5. The number of hydrogen-bond donors (Lipinski definition) is 2. The van der Waals surface area contributed by atoms with Crippen molar-refractivity contribution in [1.29, 1.82) is 0 Å². The molecule has 154 valence electrons. The highest BCUT2D eigenvalue weighted by molar-refractivity contribution is 6.36. The van der Waals surface area contributed by atoms with E-state index in [9.17, 15) is 14.7 Å². The predicted molar refractivity (Wildman–Crippen MR) is 107 cm³/mol. The van der Waals surface area contributed by atoms with Crippen LogP contribution < -0.4 is 10.1 Å². The molecule has 0 bridgehead atoms. The number of carboxylic acids is 1. The van der Waals surface area contributed by atoms with Crippen molar-refractivity contribution in [2.24, 2.45) is 0 Å². The Morgan fingerprint density at radius 3 is 2.66 bits per heavy atom. The van der Waals surface area contributed by atoms with Gasteiger partial charge < -0.3 is 24.6 Å². The molecule has 9 heteroatoms. The first-order valence-corrected chi connectivity index (χ1v) is 9.44. The van der Waals surface area contributed by atoms with E-state index in [2.05, 4.69) is 5.32 Å².